The van der Waals surface area contributed by atoms with Crippen molar-refractivity contribution in [1.29, 1.82) is 0 Å². The standard InChI is InChI=1S/C24H42O/c1-3-5-7-8-9-10-11-12-13-14-18-22(17-6-4-2)21-23-19-15-16-20-24(23)25/h15-16,19-20,22,25H,3-14,17-18,21H2,1-2H3. The first-order valence-electron chi connectivity index (χ1n) is 11.0. The molecular weight excluding hydrogens is 304 g/mol. The number of para-hydroxylation sites is 1. The maximum Gasteiger partial charge on any atom is 0.118 e. The topological polar surface area (TPSA) is 20.2 Å². The Balaban J connectivity index is 2.15. The van der Waals surface area contributed by atoms with Crippen LogP contribution in [0, 0.1) is 5.92 Å². The van der Waals surface area contributed by atoms with E-state index in [0.29, 0.717) is 5.75 Å². The quantitative estimate of drug-likeness (QED) is 0.300. The molecule has 0 heterocycles. The van der Waals surface area contributed by atoms with Crippen molar-refractivity contribution in [1.82, 2.24) is 0 Å². The molecule has 1 atom stereocenters. The number of phenolic OH excluding ortho intramolecular Hbond substituents is 1. The second-order valence-electron chi connectivity index (χ2n) is 7.81. The second kappa shape index (κ2) is 15.3. The highest BCUT2D eigenvalue weighted by Crippen LogP contribution is 2.26. The lowest BCUT2D eigenvalue weighted by Crippen LogP contribution is -2.05. The van der Waals surface area contributed by atoms with E-state index >= 15 is 0 Å². The van der Waals surface area contributed by atoms with Crippen LogP contribution >= 0.6 is 0 Å². The Morgan fingerprint density at radius 3 is 1.80 bits per heavy atom. The Labute approximate surface area is 157 Å². The van der Waals surface area contributed by atoms with Crippen LogP contribution < -0.4 is 0 Å². The van der Waals surface area contributed by atoms with Crippen LogP contribution in [0.4, 0.5) is 0 Å². The van der Waals surface area contributed by atoms with E-state index in [1.165, 1.54) is 89.9 Å². The van der Waals surface area contributed by atoms with Crippen LogP contribution in [0.1, 0.15) is 109 Å². The maximum atomic E-state index is 10.0. The zero-order valence-corrected chi connectivity index (χ0v) is 16.9. The summed E-state index contributed by atoms with van der Waals surface area (Å²) in [6.07, 6.45) is 20.3. The van der Waals surface area contributed by atoms with E-state index in [2.05, 4.69) is 19.9 Å². The summed E-state index contributed by atoms with van der Waals surface area (Å²) < 4.78 is 0. The summed E-state index contributed by atoms with van der Waals surface area (Å²) in [7, 11) is 0. The van der Waals surface area contributed by atoms with Gasteiger partial charge in [-0.15, -0.1) is 0 Å². The summed E-state index contributed by atoms with van der Waals surface area (Å²) in [6.45, 7) is 4.56. The molecule has 1 heteroatoms. The molecule has 0 saturated heterocycles. The van der Waals surface area contributed by atoms with Crippen molar-refractivity contribution in [3.63, 3.8) is 0 Å². The highest BCUT2D eigenvalue weighted by molar-refractivity contribution is 5.32. The van der Waals surface area contributed by atoms with Crippen molar-refractivity contribution in [3.05, 3.63) is 29.8 Å². The number of hydrogen-bond acceptors (Lipinski definition) is 1. The average Bonchev–Trinajstić information content (AvgIpc) is 2.62. The van der Waals surface area contributed by atoms with E-state index in [-0.39, 0.29) is 0 Å². The number of unbranched alkanes of at least 4 members (excludes halogenated alkanes) is 10. The van der Waals surface area contributed by atoms with Crippen LogP contribution in [0.25, 0.3) is 0 Å². The van der Waals surface area contributed by atoms with Crippen LogP contribution in [-0.4, -0.2) is 5.11 Å². The van der Waals surface area contributed by atoms with Crippen molar-refractivity contribution in [3.8, 4) is 5.75 Å². The normalized spacial score (nSPS) is 12.4. The van der Waals surface area contributed by atoms with Gasteiger partial charge in [-0.25, -0.2) is 0 Å². The zero-order valence-electron chi connectivity index (χ0n) is 16.9. The van der Waals surface area contributed by atoms with Crippen molar-refractivity contribution in [2.24, 2.45) is 5.92 Å². The van der Waals surface area contributed by atoms with E-state index in [1.54, 1.807) is 0 Å². The summed E-state index contributed by atoms with van der Waals surface area (Å²) in [5, 5.41) is 10.0. The molecule has 0 radical (unpaired) electrons. The van der Waals surface area contributed by atoms with Gasteiger partial charge in [0.2, 0.25) is 0 Å². The highest BCUT2D eigenvalue weighted by Gasteiger charge is 2.11. The van der Waals surface area contributed by atoms with E-state index in [0.717, 1.165) is 17.9 Å². The SMILES string of the molecule is CCCCCCCCCCCCC(CCCC)Cc1ccccc1O. The Morgan fingerprint density at radius 1 is 0.680 bits per heavy atom. The fraction of sp³-hybridized carbons (Fsp3) is 0.750. The minimum atomic E-state index is 0.479. The molecule has 1 nitrogen and oxygen atoms in total. The molecule has 0 saturated carbocycles. The van der Waals surface area contributed by atoms with Gasteiger partial charge in [0, 0.05) is 0 Å². The molecule has 1 rings (SSSR count). The van der Waals surface area contributed by atoms with Crippen LogP contribution in [0.15, 0.2) is 24.3 Å². The summed E-state index contributed by atoms with van der Waals surface area (Å²) in [5.74, 6) is 1.22. The minimum Gasteiger partial charge on any atom is -0.508 e. The molecule has 0 aliphatic carbocycles. The first kappa shape index (κ1) is 22.1. The molecule has 0 spiro atoms. The summed E-state index contributed by atoms with van der Waals surface area (Å²) in [6, 6.07) is 7.88. The van der Waals surface area contributed by atoms with Gasteiger partial charge in [-0.05, 0) is 24.0 Å². The van der Waals surface area contributed by atoms with Gasteiger partial charge >= 0.3 is 0 Å². The van der Waals surface area contributed by atoms with Gasteiger partial charge in [-0.1, -0.05) is 122 Å². The lowest BCUT2D eigenvalue weighted by molar-refractivity contribution is 0.397. The number of aromatic hydroxyl groups is 1. The van der Waals surface area contributed by atoms with Gasteiger partial charge in [0.15, 0.2) is 0 Å². The van der Waals surface area contributed by atoms with Gasteiger partial charge in [0.1, 0.15) is 5.75 Å². The molecule has 1 aromatic rings. The number of phenols is 1. The summed E-state index contributed by atoms with van der Waals surface area (Å²) in [5.41, 5.74) is 1.13. The van der Waals surface area contributed by atoms with E-state index in [9.17, 15) is 5.11 Å². The Morgan fingerprint density at radius 2 is 1.20 bits per heavy atom. The smallest absolute Gasteiger partial charge is 0.118 e. The van der Waals surface area contributed by atoms with Crippen molar-refractivity contribution in [2.75, 3.05) is 0 Å². The van der Waals surface area contributed by atoms with Gasteiger partial charge in [-0.3, -0.25) is 0 Å². The van der Waals surface area contributed by atoms with Crippen molar-refractivity contribution >= 4 is 0 Å². The van der Waals surface area contributed by atoms with Gasteiger partial charge in [0.05, 0.1) is 0 Å². The molecular formula is C24H42O. The van der Waals surface area contributed by atoms with Crippen molar-refractivity contribution < 1.29 is 5.11 Å². The first-order chi connectivity index (χ1) is 12.3. The number of hydrogen-bond donors (Lipinski definition) is 1. The minimum absolute atomic E-state index is 0.479. The molecule has 0 aliphatic rings. The van der Waals surface area contributed by atoms with E-state index in [1.807, 2.05) is 18.2 Å². The molecule has 0 amide bonds. The van der Waals surface area contributed by atoms with Crippen LogP contribution in [0.5, 0.6) is 5.75 Å². The zero-order chi connectivity index (χ0) is 18.2. The third-order valence-corrected chi connectivity index (χ3v) is 5.43. The lowest BCUT2D eigenvalue weighted by atomic mass is 9.89. The number of benzene rings is 1. The predicted octanol–water partition coefficient (Wildman–Crippen LogP) is 8.05. The molecule has 0 bridgehead atoms. The summed E-state index contributed by atoms with van der Waals surface area (Å²) >= 11 is 0. The molecule has 0 aromatic heterocycles. The molecule has 1 aromatic carbocycles. The van der Waals surface area contributed by atoms with Crippen LogP contribution in [0.3, 0.4) is 0 Å². The average molecular weight is 347 g/mol. The maximum absolute atomic E-state index is 10.0. The Bertz CT molecular complexity index is 412. The molecule has 25 heavy (non-hydrogen) atoms. The molecule has 1 N–H and O–H groups in total. The lowest BCUT2D eigenvalue weighted by Gasteiger charge is -2.17. The Kier molecular flexibility index (Phi) is 13.5. The summed E-state index contributed by atoms with van der Waals surface area (Å²) in [4.78, 5) is 0. The van der Waals surface area contributed by atoms with Crippen LogP contribution in [0.2, 0.25) is 0 Å². The third kappa shape index (κ3) is 11.3. The fourth-order valence-electron chi connectivity index (χ4n) is 3.76. The molecule has 0 aliphatic heterocycles. The van der Waals surface area contributed by atoms with Gasteiger partial charge < -0.3 is 5.11 Å². The highest BCUT2D eigenvalue weighted by atomic mass is 16.3. The molecule has 0 fully saturated rings. The predicted molar refractivity (Wildman–Crippen MR) is 111 cm³/mol. The second-order valence-corrected chi connectivity index (χ2v) is 7.81. The monoisotopic (exact) mass is 346 g/mol. The van der Waals surface area contributed by atoms with E-state index < -0.39 is 0 Å². The fourth-order valence-corrected chi connectivity index (χ4v) is 3.76. The molecule has 1 unspecified atom stereocenters. The van der Waals surface area contributed by atoms with Crippen LogP contribution in [-0.2, 0) is 6.42 Å². The Hall–Kier alpha value is -0.980. The van der Waals surface area contributed by atoms with Crippen molar-refractivity contribution in [2.45, 2.75) is 110 Å². The third-order valence-electron chi connectivity index (χ3n) is 5.43. The number of rotatable bonds is 16. The van der Waals surface area contributed by atoms with E-state index in [4.69, 9.17) is 0 Å². The molecule has 144 valence electrons. The first-order valence-corrected chi connectivity index (χ1v) is 11.0. The largest absolute Gasteiger partial charge is 0.508 e. The van der Waals surface area contributed by atoms with Gasteiger partial charge in [-0.2, -0.15) is 0 Å². The van der Waals surface area contributed by atoms with Gasteiger partial charge in [0.25, 0.3) is 0 Å².